The molecule has 0 aliphatic carbocycles. The zero-order chi connectivity index (χ0) is 15.7. The van der Waals surface area contributed by atoms with Gasteiger partial charge in [-0.1, -0.05) is 30.0 Å². The predicted molar refractivity (Wildman–Crippen MR) is 87.5 cm³/mol. The van der Waals surface area contributed by atoms with Crippen molar-refractivity contribution in [3.05, 3.63) is 55.6 Å². The van der Waals surface area contributed by atoms with E-state index in [1.807, 2.05) is 36.6 Å². The number of aromatic amines is 2. The summed E-state index contributed by atoms with van der Waals surface area (Å²) in [6, 6.07) is 9.46. The Kier molecular flexibility index (Phi) is 3.99. The minimum atomic E-state index is -0.600. The molecule has 2 N–H and O–H groups in total. The number of halogens is 1. The number of hydrogen-bond donors (Lipinski definition) is 2. The highest BCUT2D eigenvalue weighted by Gasteiger charge is 2.19. The average Bonchev–Trinajstić information content (AvgIpc) is 2.95. The molecule has 3 aromatic rings. The van der Waals surface area contributed by atoms with Crippen LogP contribution in [-0.4, -0.2) is 31.0 Å². The van der Waals surface area contributed by atoms with Gasteiger partial charge < -0.3 is 4.98 Å². The first-order chi connectivity index (χ1) is 10.6. The van der Waals surface area contributed by atoms with E-state index in [9.17, 15) is 9.59 Å². The maximum absolute atomic E-state index is 11.8. The van der Waals surface area contributed by atoms with Gasteiger partial charge in [0.2, 0.25) is 0 Å². The molecule has 0 saturated carbocycles. The minimum absolute atomic E-state index is 0.198. The number of thioether (sulfide) groups is 1. The molecular weight excluding hydrogens is 370 g/mol. The Labute approximate surface area is 136 Å². The van der Waals surface area contributed by atoms with Gasteiger partial charge in [-0.25, -0.2) is 4.79 Å². The van der Waals surface area contributed by atoms with Gasteiger partial charge in [0, 0.05) is 5.69 Å². The van der Waals surface area contributed by atoms with Crippen LogP contribution in [0.2, 0.25) is 0 Å². The van der Waals surface area contributed by atoms with Crippen molar-refractivity contribution in [3.8, 4) is 17.2 Å². The van der Waals surface area contributed by atoms with Crippen molar-refractivity contribution in [1.29, 1.82) is 0 Å². The van der Waals surface area contributed by atoms with E-state index in [0.29, 0.717) is 11.0 Å². The van der Waals surface area contributed by atoms with Crippen LogP contribution in [0.3, 0.4) is 0 Å². The Morgan fingerprint density at radius 3 is 2.55 bits per heavy atom. The monoisotopic (exact) mass is 379 g/mol. The van der Waals surface area contributed by atoms with E-state index in [2.05, 4.69) is 36.1 Å². The van der Waals surface area contributed by atoms with Crippen molar-refractivity contribution in [2.75, 3.05) is 6.26 Å². The van der Waals surface area contributed by atoms with Crippen LogP contribution < -0.4 is 11.2 Å². The summed E-state index contributed by atoms with van der Waals surface area (Å²) in [5.74, 6) is 0.380. The molecule has 0 fully saturated rings. The van der Waals surface area contributed by atoms with E-state index in [-0.39, 0.29) is 10.2 Å². The molecule has 0 aliphatic rings. The van der Waals surface area contributed by atoms with E-state index in [1.54, 1.807) is 4.57 Å². The van der Waals surface area contributed by atoms with Crippen molar-refractivity contribution >= 4 is 27.7 Å². The normalized spacial score (nSPS) is 10.8. The number of nitrogens with one attached hydrogen (secondary N) is 2. The van der Waals surface area contributed by atoms with Crippen molar-refractivity contribution in [3.63, 3.8) is 0 Å². The summed E-state index contributed by atoms with van der Waals surface area (Å²) in [7, 11) is 0. The molecule has 0 bridgehead atoms. The fraction of sp³-hybridized carbons (Fsp3) is 0.0769. The molecule has 112 valence electrons. The molecule has 1 aromatic carbocycles. The Morgan fingerprint density at radius 1 is 1.14 bits per heavy atom. The van der Waals surface area contributed by atoms with Gasteiger partial charge in [-0.3, -0.25) is 14.3 Å². The maximum Gasteiger partial charge on any atom is 0.326 e. The summed E-state index contributed by atoms with van der Waals surface area (Å²) >= 11 is 4.60. The smallest absolute Gasteiger partial charge is 0.303 e. The third-order valence-corrected chi connectivity index (χ3v) is 4.32. The molecule has 0 atom stereocenters. The summed E-state index contributed by atoms with van der Waals surface area (Å²) in [4.78, 5) is 28.1. The summed E-state index contributed by atoms with van der Waals surface area (Å²) in [6.07, 6.45) is 1.88. The number of benzene rings is 1. The molecule has 22 heavy (non-hydrogen) atoms. The quantitative estimate of drug-likeness (QED) is 0.676. The topological polar surface area (TPSA) is 96.4 Å². The second-order valence-corrected chi connectivity index (χ2v) is 5.84. The number of hydrogen-bond acceptors (Lipinski definition) is 5. The number of aromatic nitrogens is 5. The molecule has 2 heterocycles. The number of para-hydroxylation sites is 1. The number of nitrogens with zero attached hydrogens (tertiary/aromatic N) is 3. The number of rotatable bonds is 3. The first-order valence-corrected chi connectivity index (χ1v) is 8.21. The fourth-order valence-corrected chi connectivity index (χ4v) is 2.87. The lowest BCUT2D eigenvalue weighted by atomic mass is 10.3. The Bertz CT molecular complexity index is 932. The van der Waals surface area contributed by atoms with Crippen LogP contribution >= 0.6 is 27.7 Å². The summed E-state index contributed by atoms with van der Waals surface area (Å²) in [6.45, 7) is 0. The lowest BCUT2D eigenvalue weighted by Gasteiger charge is -2.09. The fourth-order valence-electron chi connectivity index (χ4n) is 2.00. The Morgan fingerprint density at radius 2 is 1.86 bits per heavy atom. The summed E-state index contributed by atoms with van der Waals surface area (Å²) in [5, 5.41) is 8.87. The second-order valence-electron chi connectivity index (χ2n) is 4.28. The van der Waals surface area contributed by atoms with Crippen LogP contribution in [-0.2, 0) is 0 Å². The van der Waals surface area contributed by atoms with Crippen LogP contribution in [0.1, 0.15) is 0 Å². The Balaban J connectivity index is 2.32. The maximum atomic E-state index is 11.8. The van der Waals surface area contributed by atoms with Gasteiger partial charge in [0.05, 0.1) is 0 Å². The van der Waals surface area contributed by atoms with Crippen molar-refractivity contribution in [1.82, 2.24) is 24.7 Å². The van der Waals surface area contributed by atoms with Gasteiger partial charge in [-0.05, 0) is 34.3 Å². The SMILES string of the molecule is CSc1nnc(-c2[nH]c(=O)[nH]c(=O)c2Br)n1-c1ccccc1. The molecule has 0 radical (unpaired) electrons. The molecule has 7 nitrogen and oxygen atoms in total. The third kappa shape index (κ3) is 2.53. The molecule has 2 aromatic heterocycles. The molecule has 0 saturated heterocycles. The highest BCUT2D eigenvalue weighted by atomic mass is 79.9. The van der Waals surface area contributed by atoms with E-state index < -0.39 is 11.2 Å². The van der Waals surface area contributed by atoms with E-state index in [4.69, 9.17) is 0 Å². The van der Waals surface area contributed by atoms with Crippen molar-refractivity contribution in [2.24, 2.45) is 0 Å². The van der Waals surface area contributed by atoms with Gasteiger partial charge in [-0.2, -0.15) is 0 Å². The molecule has 0 amide bonds. The largest absolute Gasteiger partial charge is 0.326 e. The summed E-state index contributed by atoms with van der Waals surface area (Å²) < 4.78 is 1.98. The molecule has 0 unspecified atom stereocenters. The average molecular weight is 380 g/mol. The van der Waals surface area contributed by atoms with Crippen LogP contribution in [0.15, 0.2) is 49.6 Å². The van der Waals surface area contributed by atoms with Crippen molar-refractivity contribution < 1.29 is 0 Å². The molecule has 0 aliphatic heterocycles. The number of H-pyrrole nitrogens is 2. The lowest BCUT2D eigenvalue weighted by molar-refractivity contribution is 0.885. The molecule has 3 rings (SSSR count). The zero-order valence-electron chi connectivity index (χ0n) is 11.3. The second kappa shape index (κ2) is 5.93. The summed E-state index contributed by atoms with van der Waals surface area (Å²) in [5.41, 5.74) is -0.00569. The predicted octanol–water partition coefficient (Wildman–Crippen LogP) is 1.80. The van der Waals surface area contributed by atoms with Crippen LogP contribution in [0.5, 0.6) is 0 Å². The zero-order valence-corrected chi connectivity index (χ0v) is 13.7. The van der Waals surface area contributed by atoms with Gasteiger partial charge in [-0.15, -0.1) is 10.2 Å². The molecule has 9 heteroatoms. The van der Waals surface area contributed by atoms with Gasteiger partial charge in [0.15, 0.2) is 11.0 Å². The minimum Gasteiger partial charge on any atom is -0.303 e. The van der Waals surface area contributed by atoms with E-state index in [0.717, 1.165) is 5.69 Å². The van der Waals surface area contributed by atoms with Crippen molar-refractivity contribution in [2.45, 2.75) is 5.16 Å². The highest BCUT2D eigenvalue weighted by molar-refractivity contribution is 9.10. The lowest BCUT2D eigenvalue weighted by Crippen LogP contribution is -2.24. The van der Waals surface area contributed by atoms with E-state index in [1.165, 1.54) is 11.8 Å². The third-order valence-electron chi connectivity index (χ3n) is 2.94. The Hall–Kier alpha value is -2.13. The van der Waals surface area contributed by atoms with Gasteiger partial charge in [0.25, 0.3) is 5.56 Å². The standard InChI is InChI=1S/C13H10BrN5O2S/c1-22-13-18-17-10(19(13)7-5-3-2-4-6-7)9-8(14)11(20)16-12(21)15-9/h2-6H,1H3,(H2,15,16,20,21). The van der Waals surface area contributed by atoms with Gasteiger partial charge >= 0.3 is 5.69 Å². The van der Waals surface area contributed by atoms with Gasteiger partial charge in [0.1, 0.15) is 10.2 Å². The van der Waals surface area contributed by atoms with Crippen LogP contribution in [0.4, 0.5) is 0 Å². The van der Waals surface area contributed by atoms with E-state index >= 15 is 0 Å². The molecule has 0 spiro atoms. The first-order valence-electron chi connectivity index (χ1n) is 6.19. The first kappa shape index (κ1) is 14.8. The van der Waals surface area contributed by atoms with Crippen LogP contribution in [0.25, 0.3) is 17.2 Å². The molecular formula is C13H10BrN5O2S. The highest BCUT2D eigenvalue weighted by Crippen LogP contribution is 2.27. The van der Waals surface area contributed by atoms with Crippen LogP contribution in [0, 0.1) is 0 Å².